The van der Waals surface area contributed by atoms with Crippen molar-refractivity contribution in [2.75, 3.05) is 6.61 Å². The number of thioether (sulfide) groups is 1. The van der Waals surface area contributed by atoms with Gasteiger partial charge in [0.25, 0.3) is 5.56 Å². The molecule has 0 saturated heterocycles. The van der Waals surface area contributed by atoms with E-state index in [1.807, 2.05) is 31.2 Å². The summed E-state index contributed by atoms with van der Waals surface area (Å²) in [6, 6.07) is 7.71. The number of benzene rings is 1. The summed E-state index contributed by atoms with van der Waals surface area (Å²) in [4.78, 5) is 43.9. The maximum atomic E-state index is 12.7. The number of imidazole rings is 1. The van der Waals surface area contributed by atoms with Crippen LogP contribution in [0, 0.1) is 0 Å². The highest BCUT2D eigenvalue weighted by Gasteiger charge is 2.25. The van der Waals surface area contributed by atoms with Crippen LogP contribution in [0.25, 0.3) is 11.2 Å². The van der Waals surface area contributed by atoms with Gasteiger partial charge < -0.3 is 14.4 Å². The van der Waals surface area contributed by atoms with Crippen molar-refractivity contribution in [3.63, 3.8) is 0 Å². The van der Waals surface area contributed by atoms with E-state index in [4.69, 9.17) is 4.74 Å². The number of fused-ring (bicyclic) bond motifs is 1. The molecule has 0 bridgehead atoms. The summed E-state index contributed by atoms with van der Waals surface area (Å²) in [7, 11) is 1.52. The molecule has 2 aromatic heterocycles. The topological polar surface area (TPSA) is 119 Å². The number of nitrogens with one attached hydrogen (secondary N) is 1. The third kappa shape index (κ3) is 5.96. The fraction of sp³-hybridized carbons (Fsp3) is 0.455. The molecule has 0 amide bonds. The van der Waals surface area contributed by atoms with Crippen molar-refractivity contribution in [1.82, 2.24) is 19.1 Å². The zero-order chi connectivity index (χ0) is 24.1. The Morgan fingerprint density at radius 3 is 2.76 bits per heavy atom. The predicted molar refractivity (Wildman–Crippen MR) is 131 cm³/mol. The Balaban J connectivity index is 1.93. The molecule has 1 aromatic carbocycles. The number of aliphatic hydroxyl groups is 1. The molecule has 3 rings (SSSR count). The first-order chi connectivity index (χ1) is 15.7. The van der Waals surface area contributed by atoms with E-state index in [1.165, 1.54) is 23.4 Å². The summed E-state index contributed by atoms with van der Waals surface area (Å²) in [5, 5.41) is 10.5. The molecule has 2 atom stereocenters. The Morgan fingerprint density at radius 1 is 1.33 bits per heavy atom. The lowest BCUT2D eigenvalue weighted by molar-refractivity contribution is -0.142. The van der Waals surface area contributed by atoms with Gasteiger partial charge in [0.15, 0.2) is 16.3 Å². The van der Waals surface area contributed by atoms with Gasteiger partial charge in [-0.2, -0.15) is 0 Å². The molecule has 3 aromatic rings. The molecule has 11 heteroatoms. The standard InChI is InChI=1S/C22H27BrN4O5S/c1-4-16(20(30)32-5-2)33-22-24-18-17(19(29)25-21(31)26(18)3)27(22)10-9-15(28)12-13-7-6-8-14(23)11-13/h6-8,11,15-16,28H,4-5,9-10,12H2,1-3H3,(H,25,29,31). The zero-order valence-electron chi connectivity index (χ0n) is 18.7. The van der Waals surface area contributed by atoms with E-state index in [2.05, 4.69) is 25.9 Å². The number of ether oxygens (including phenoxy) is 1. The van der Waals surface area contributed by atoms with Crippen molar-refractivity contribution < 1.29 is 14.6 Å². The lowest BCUT2D eigenvalue weighted by atomic mass is 10.1. The van der Waals surface area contributed by atoms with Crippen molar-refractivity contribution in [2.45, 2.75) is 56.2 Å². The highest BCUT2D eigenvalue weighted by Crippen LogP contribution is 2.28. The van der Waals surface area contributed by atoms with E-state index < -0.39 is 22.6 Å². The number of aromatic amines is 1. The van der Waals surface area contributed by atoms with E-state index in [0.29, 0.717) is 24.4 Å². The largest absolute Gasteiger partial charge is 0.465 e. The second-order valence-corrected chi connectivity index (χ2v) is 9.67. The van der Waals surface area contributed by atoms with Gasteiger partial charge in [-0.3, -0.25) is 19.1 Å². The maximum Gasteiger partial charge on any atom is 0.329 e. The Kier molecular flexibility index (Phi) is 8.55. The number of nitrogens with zero attached hydrogens (tertiary/aromatic N) is 3. The van der Waals surface area contributed by atoms with Gasteiger partial charge in [-0.15, -0.1) is 0 Å². The Bertz CT molecular complexity index is 1250. The third-order valence-corrected chi connectivity index (χ3v) is 7.01. The van der Waals surface area contributed by atoms with Gasteiger partial charge in [0.2, 0.25) is 0 Å². The molecular formula is C22H27BrN4O5S. The molecule has 2 N–H and O–H groups in total. The molecular weight excluding hydrogens is 512 g/mol. The number of esters is 1. The number of aromatic nitrogens is 4. The smallest absolute Gasteiger partial charge is 0.329 e. The van der Waals surface area contributed by atoms with Gasteiger partial charge in [0.1, 0.15) is 5.25 Å². The van der Waals surface area contributed by atoms with Crippen molar-refractivity contribution in [2.24, 2.45) is 7.05 Å². The molecule has 33 heavy (non-hydrogen) atoms. The van der Waals surface area contributed by atoms with Crippen LogP contribution in [0.1, 0.15) is 32.3 Å². The van der Waals surface area contributed by atoms with Gasteiger partial charge in [0.05, 0.1) is 12.7 Å². The van der Waals surface area contributed by atoms with E-state index in [0.717, 1.165) is 10.0 Å². The molecule has 9 nitrogen and oxygen atoms in total. The van der Waals surface area contributed by atoms with E-state index in [1.54, 1.807) is 11.5 Å². The highest BCUT2D eigenvalue weighted by molar-refractivity contribution is 9.10. The molecule has 2 unspecified atom stereocenters. The average molecular weight is 539 g/mol. The Labute approximate surface area is 203 Å². The van der Waals surface area contributed by atoms with Crippen LogP contribution in [0.15, 0.2) is 43.5 Å². The minimum absolute atomic E-state index is 0.228. The van der Waals surface area contributed by atoms with Gasteiger partial charge in [-0.1, -0.05) is 46.7 Å². The SMILES string of the molecule is CCOC(=O)C(CC)Sc1nc2c(c(=O)[nH]c(=O)n2C)n1CCC(O)Cc1cccc(Br)c1. The zero-order valence-corrected chi connectivity index (χ0v) is 21.1. The number of H-pyrrole nitrogens is 1. The molecule has 2 heterocycles. The average Bonchev–Trinajstić information content (AvgIpc) is 3.13. The number of hydrogen-bond acceptors (Lipinski definition) is 7. The summed E-state index contributed by atoms with van der Waals surface area (Å²) in [6.07, 6.45) is 0.648. The number of hydrogen-bond donors (Lipinski definition) is 2. The quantitative estimate of drug-likeness (QED) is 0.300. The summed E-state index contributed by atoms with van der Waals surface area (Å²) in [6.45, 7) is 4.16. The molecule has 0 aliphatic heterocycles. The highest BCUT2D eigenvalue weighted by atomic mass is 79.9. The molecule has 0 spiro atoms. The summed E-state index contributed by atoms with van der Waals surface area (Å²) in [5.74, 6) is -0.360. The molecule has 0 fully saturated rings. The van der Waals surface area contributed by atoms with E-state index >= 15 is 0 Å². The van der Waals surface area contributed by atoms with Crippen LogP contribution in [0.2, 0.25) is 0 Å². The number of rotatable bonds is 10. The minimum Gasteiger partial charge on any atom is -0.465 e. The molecule has 178 valence electrons. The molecule has 0 saturated carbocycles. The lowest BCUT2D eigenvalue weighted by Gasteiger charge is -2.16. The first-order valence-corrected chi connectivity index (χ1v) is 12.4. The molecule has 0 aliphatic carbocycles. The van der Waals surface area contributed by atoms with Crippen LogP contribution in [0.5, 0.6) is 0 Å². The summed E-state index contributed by atoms with van der Waals surface area (Å²) < 4.78 is 9.03. The number of aryl methyl sites for hydroxylation is 2. The fourth-order valence-electron chi connectivity index (χ4n) is 3.49. The van der Waals surface area contributed by atoms with Crippen LogP contribution in [-0.4, -0.2) is 48.1 Å². The van der Waals surface area contributed by atoms with Crippen LogP contribution >= 0.6 is 27.7 Å². The van der Waals surface area contributed by atoms with Crippen molar-refractivity contribution in [3.05, 3.63) is 55.1 Å². The first kappa shape index (κ1) is 25.3. The normalized spacial score (nSPS) is 13.2. The first-order valence-electron chi connectivity index (χ1n) is 10.7. The lowest BCUT2D eigenvalue weighted by Crippen LogP contribution is -2.29. The molecule has 0 aliphatic rings. The summed E-state index contributed by atoms with van der Waals surface area (Å²) >= 11 is 4.62. The summed E-state index contributed by atoms with van der Waals surface area (Å²) in [5.41, 5.74) is 0.314. The number of halogens is 1. The van der Waals surface area contributed by atoms with E-state index in [9.17, 15) is 19.5 Å². The van der Waals surface area contributed by atoms with Gasteiger partial charge in [-0.05, 0) is 43.9 Å². The number of carbonyl (C=O) groups excluding carboxylic acids is 1. The second kappa shape index (κ2) is 11.2. The number of aliphatic hydroxyl groups excluding tert-OH is 1. The maximum absolute atomic E-state index is 12.7. The number of carbonyl (C=O) groups is 1. The van der Waals surface area contributed by atoms with Crippen molar-refractivity contribution in [1.29, 1.82) is 0 Å². The van der Waals surface area contributed by atoms with Crippen LogP contribution in [0.3, 0.4) is 0 Å². The minimum atomic E-state index is -0.659. The monoisotopic (exact) mass is 538 g/mol. The molecule has 0 radical (unpaired) electrons. The van der Waals surface area contributed by atoms with Crippen LogP contribution in [-0.2, 0) is 29.5 Å². The van der Waals surface area contributed by atoms with Gasteiger partial charge in [-0.25, -0.2) is 9.78 Å². The Morgan fingerprint density at radius 2 is 2.09 bits per heavy atom. The predicted octanol–water partition coefficient (Wildman–Crippen LogP) is 2.61. The third-order valence-electron chi connectivity index (χ3n) is 5.19. The second-order valence-electron chi connectivity index (χ2n) is 7.58. The van der Waals surface area contributed by atoms with Crippen LogP contribution < -0.4 is 11.2 Å². The fourth-order valence-corrected chi connectivity index (χ4v) is 4.97. The van der Waals surface area contributed by atoms with E-state index in [-0.39, 0.29) is 30.3 Å². The van der Waals surface area contributed by atoms with Crippen molar-refractivity contribution >= 4 is 44.8 Å². The van der Waals surface area contributed by atoms with Crippen LogP contribution in [0.4, 0.5) is 0 Å². The Hall–Kier alpha value is -2.37. The van der Waals surface area contributed by atoms with Gasteiger partial charge >= 0.3 is 11.7 Å². The van der Waals surface area contributed by atoms with Crippen molar-refractivity contribution in [3.8, 4) is 0 Å². The van der Waals surface area contributed by atoms with Gasteiger partial charge in [0, 0.05) is 18.1 Å².